The summed E-state index contributed by atoms with van der Waals surface area (Å²) in [5.41, 5.74) is 1.01. The summed E-state index contributed by atoms with van der Waals surface area (Å²) < 4.78 is 0. The fourth-order valence-electron chi connectivity index (χ4n) is 1.39. The van der Waals surface area contributed by atoms with Crippen LogP contribution in [0.15, 0.2) is 29.2 Å². The standard InChI is InChI=1S/C12H18N2OS/c1-4-13-12(15)9(2)14-10-7-5-6-8-11(10)16-3/h5-9,14H,4H2,1-3H3,(H,13,15). The van der Waals surface area contributed by atoms with Gasteiger partial charge in [0.1, 0.15) is 6.04 Å². The van der Waals surface area contributed by atoms with Crippen LogP contribution in [-0.4, -0.2) is 24.7 Å². The highest BCUT2D eigenvalue weighted by Gasteiger charge is 2.12. The van der Waals surface area contributed by atoms with E-state index in [1.807, 2.05) is 44.4 Å². The molecule has 1 amide bonds. The molecule has 0 saturated carbocycles. The minimum absolute atomic E-state index is 0.0263. The molecule has 0 heterocycles. The number of carbonyl (C=O) groups excluding carboxylic acids is 1. The molecule has 2 N–H and O–H groups in total. The lowest BCUT2D eigenvalue weighted by molar-refractivity contribution is -0.121. The number of benzene rings is 1. The van der Waals surface area contributed by atoms with Gasteiger partial charge in [0.25, 0.3) is 0 Å². The van der Waals surface area contributed by atoms with Crippen LogP contribution < -0.4 is 10.6 Å². The quantitative estimate of drug-likeness (QED) is 0.774. The zero-order valence-electron chi connectivity index (χ0n) is 9.91. The van der Waals surface area contributed by atoms with Crippen molar-refractivity contribution >= 4 is 23.4 Å². The first-order valence-electron chi connectivity index (χ1n) is 5.36. The number of para-hydroxylation sites is 1. The molecule has 1 atom stereocenters. The zero-order valence-corrected chi connectivity index (χ0v) is 10.7. The van der Waals surface area contributed by atoms with Crippen molar-refractivity contribution in [1.82, 2.24) is 5.32 Å². The Morgan fingerprint density at radius 1 is 1.44 bits per heavy atom. The minimum Gasteiger partial charge on any atom is -0.373 e. The Bertz CT molecular complexity index is 355. The Balaban J connectivity index is 2.68. The number of likely N-dealkylation sites (N-methyl/N-ethyl adjacent to an activating group) is 1. The van der Waals surface area contributed by atoms with Gasteiger partial charge in [-0.2, -0.15) is 0 Å². The second-order valence-electron chi connectivity index (χ2n) is 3.46. The number of hydrogen-bond donors (Lipinski definition) is 2. The van der Waals surface area contributed by atoms with E-state index >= 15 is 0 Å². The maximum Gasteiger partial charge on any atom is 0.242 e. The Labute approximate surface area is 101 Å². The number of amides is 1. The smallest absolute Gasteiger partial charge is 0.242 e. The van der Waals surface area contributed by atoms with Crippen LogP contribution in [0.4, 0.5) is 5.69 Å². The van der Waals surface area contributed by atoms with Gasteiger partial charge in [-0.05, 0) is 32.2 Å². The van der Waals surface area contributed by atoms with Crippen LogP contribution in [-0.2, 0) is 4.79 Å². The first-order chi connectivity index (χ1) is 7.69. The molecule has 1 aromatic carbocycles. The molecular formula is C12H18N2OS. The summed E-state index contributed by atoms with van der Waals surface area (Å²) in [6, 6.07) is 7.77. The highest BCUT2D eigenvalue weighted by molar-refractivity contribution is 7.98. The van der Waals surface area contributed by atoms with Crippen molar-refractivity contribution in [2.45, 2.75) is 24.8 Å². The van der Waals surface area contributed by atoms with Crippen LogP contribution in [0.1, 0.15) is 13.8 Å². The van der Waals surface area contributed by atoms with Crippen molar-refractivity contribution in [3.63, 3.8) is 0 Å². The zero-order chi connectivity index (χ0) is 12.0. The van der Waals surface area contributed by atoms with E-state index in [1.165, 1.54) is 0 Å². The summed E-state index contributed by atoms with van der Waals surface area (Å²) in [7, 11) is 0. The molecule has 0 bridgehead atoms. The summed E-state index contributed by atoms with van der Waals surface area (Å²) in [4.78, 5) is 12.7. The normalized spacial score (nSPS) is 11.9. The molecule has 3 nitrogen and oxygen atoms in total. The van der Waals surface area contributed by atoms with Crippen LogP contribution in [0.2, 0.25) is 0 Å². The van der Waals surface area contributed by atoms with E-state index in [9.17, 15) is 4.79 Å². The van der Waals surface area contributed by atoms with Crippen molar-refractivity contribution in [3.8, 4) is 0 Å². The Morgan fingerprint density at radius 2 is 2.12 bits per heavy atom. The van der Waals surface area contributed by atoms with E-state index in [0.29, 0.717) is 6.54 Å². The van der Waals surface area contributed by atoms with Crippen LogP contribution in [0.25, 0.3) is 0 Å². The van der Waals surface area contributed by atoms with Gasteiger partial charge >= 0.3 is 0 Å². The second-order valence-corrected chi connectivity index (χ2v) is 4.31. The minimum atomic E-state index is -0.215. The van der Waals surface area contributed by atoms with Crippen LogP contribution >= 0.6 is 11.8 Å². The van der Waals surface area contributed by atoms with Gasteiger partial charge in [-0.1, -0.05) is 12.1 Å². The highest BCUT2D eigenvalue weighted by atomic mass is 32.2. The SMILES string of the molecule is CCNC(=O)C(C)Nc1ccccc1SC. The lowest BCUT2D eigenvalue weighted by atomic mass is 10.2. The fourth-order valence-corrected chi connectivity index (χ4v) is 1.95. The molecule has 4 heteroatoms. The molecule has 0 fully saturated rings. The Morgan fingerprint density at radius 3 is 2.75 bits per heavy atom. The molecule has 1 rings (SSSR count). The van der Waals surface area contributed by atoms with E-state index in [1.54, 1.807) is 11.8 Å². The van der Waals surface area contributed by atoms with Crippen molar-refractivity contribution in [2.75, 3.05) is 18.1 Å². The van der Waals surface area contributed by atoms with E-state index in [0.717, 1.165) is 10.6 Å². The van der Waals surface area contributed by atoms with Crippen molar-refractivity contribution in [1.29, 1.82) is 0 Å². The van der Waals surface area contributed by atoms with Gasteiger partial charge in [-0.15, -0.1) is 11.8 Å². The Hall–Kier alpha value is -1.16. The maximum absolute atomic E-state index is 11.6. The van der Waals surface area contributed by atoms with Crippen LogP contribution in [0.5, 0.6) is 0 Å². The first kappa shape index (κ1) is 12.9. The predicted molar refractivity (Wildman–Crippen MR) is 70.0 cm³/mol. The molecule has 0 aliphatic carbocycles. The predicted octanol–water partition coefficient (Wildman–Crippen LogP) is 2.34. The maximum atomic E-state index is 11.6. The number of carbonyl (C=O) groups is 1. The lowest BCUT2D eigenvalue weighted by Gasteiger charge is -2.16. The topological polar surface area (TPSA) is 41.1 Å². The summed E-state index contributed by atoms with van der Waals surface area (Å²) >= 11 is 1.67. The van der Waals surface area contributed by atoms with Gasteiger partial charge in [-0.25, -0.2) is 0 Å². The molecule has 0 aliphatic rings. The average Bonchev–Trinajstić information content (AvgIpc) is 2.30. The number of rotatable bonds is 5. The van der Waals surface area contributed by atoms with Crippen LogP contribution in [0, 0.1) is 0 Å². The molecule has 0 aliphatic heterocycles. The molecule has 1 aromatic rings. The number of thioether (sulfide) groups is 1. The Kier molecular flexibility index (Phi) is 5.19. The van der Waals surface area contributed by atoms with E-state index in [-0.39, 0.29) is 11.9 Å². The van der Waals surface area contributed by atoms with Gasteiger partial charge in [-0.3, -0.25) is 4.79 Å². The highest BCUT2D eigenvalue weighted by Crippen LogP contribution is 2.24. The molecule has 0 radical (unpaired) electrons. The fraction of sp³-hybridized carbons (Fsp3) is 0.417. The van der Waals surface area contributed by atoms with E-state index < -0.39 is 0 Å². The first-order valence-corrected chi connectivity index (χ1v) is 6.58. The van der Waals surface area contributed by atoms with Gasteiger partial charge < -0.3 is 10.6 Å². The van der Waals surface area contributed by atoms with Crippen molar-refractivity contribution < 1.29 is 4.79 Å². The number of nitrogens with one attached hydrogen (secondary N) is 2. The third-order valence-electron chi connectivity index (χ3n) is 2.22. The number of hydrogen-bond acceptors (Lipinski definition) is 3. The van der Waals surface area contributed by atoms with Gasteiger partial charge in [0, 0.05) is 17.1 Å². The molecule has 0 saturated heterocycles. The van der Waals surface area contributed by atoms with E-state index in [4.69, 9.17) is 0 Å². The van der Waals surface area contributed by atoms with Gasteiger partial charge in [0.05, 0.1) is 0 Å². The average molecular weight is 238 g/mol. The second kappa shape index (κ2) is 6.43. The molecule has 0 aromatic heterocycles. The van der Waals surface area contributed by atoms with Crippen molar-refractivity contribution in [2.24, 2.45) is 0 Å². The van der Waals surface area contributed by atoms with E-state index in [2.05, 4.69) is 10.6 Å². The van der Waals surface area contributed by atoms with Crippen molar-refractivity contribution in [3.05, 3.63) is 24.3 Å². The van der Waals surface area contributed by atoms with Crippen LogP contribution in [0.3, 0.4) is 0 Å². The monoisotopic (exact) mass is 238 g/mol. The third kappa shape index (κ3) is 3.45. The van der Waals surface area contributed by atoms with Gasteiger partial charge in [0.15, 0.2) is 0 Å². The van der Waals surface area contributed by atoms with Gasteiger partial charge in [0.2, 0.25) is 5.91 Å². The molecular weight excluding hydrogens is 220 g/mol. The summed E-state index contributed by atoms with van der Waals surface area (Å²) in [6.45, 7) is 4.44. The largest absolute Gasteiger partial charge is 0.373 e. The summed E-state index contributed by atoms with van der Waals surface area (Å²) in [5.74, 6) is 0.0263. The summed E-state index contributed by atoms with van der Waals surface area (Å²) in [6.07, 6.45) is 2.03. The molecule has 0 spiro atoms. The molecule has 16 heavy (non-hydrogen) atoms. The number of anilines is 1. The molecule has 88 valence electrons. The summed E-state index contributed by atoms with van der Waals surface area (Å²) in [5, 5.41) is 6.01. The third-order valence-corrected chi connectivity index (χ3v) is 3.02. The molecule has 1 unspecified atom stereocenters. The lowest BCUT2D eigenvalue weighted by Crippen LogP contribution is -2.37.